The van der Waals surface area contributed by atoms with Crippen molar-refractivity contribution in [2.24, 2.45) is 0 Å². The Morgan fingerprint density at radius 2 is 1.78 bits per heavy atom. The molecule has 2 aliphatic heterocycles. The van der Waals surface area contributed by atoms with Gasteiger partial charge < -0.3 is 29.7 Å². The lowest BCUT2D eigenvalue weighted by atomic mass is 10.1. The van der Waals surface area contributed by atoms with E-state index >= 15 is 0 Å². The van der Waals surface area contributed by atoms with Gasteiger partial charge in [-0.15, -0.1) is 0 Å². The fraction of sp³-hybridized carbons (Fsp3) is 0.524. The summed E-state index contributed by atoms with van der Waals surface area (Å²) in [6, 6.07) is 5.12. The third-order valence-electron chi connectivity index (χ3n) is 5.26. The number of carboxylic acid groups (broad SMARTS) is 1. The number of carbonyl (C=O) groups is 4. The first kappa shape index (κ1) is 23.2. The molecule has 2 atom stereocenters. The normalized spacial score (nSPS) is 19.3. The molecule has 2 aliphatic rings. The second-order valence-corrected chi connectivity index (χ2v) is 8.66. The summed E-state index contributed by atoms with van der Waals surface area (Å²) in [6.07, 6.45) is -1.75. The highest BCUT2D eigenvalue weighted by atomic mass is 16.6. The molecule has 0 aliphatic carbocycles. The number of hydrogen-bond acceptors (Lipinski definition) is 6. The van der Waals surface area contributed by atoms with Crippen molar-refractivity contribution in [1.29, 1.82) is 0 Å². The number of fused-ring (bicyclic) bond motifs is 1. The molecule has 11 heteroatoms. The molecule has 2 unspecified atom stereocenters. The number of amides is 4. The van der Waals surface area contributed by atoms with Crippen molar-refractivity contribution in [3.05, 3.63) is 29.8 Å². The summed E-state index contributed by atoms with van der Waals surface area (Å²) in [7, 11) is 1.22. The van der Waals surface area contributed by atoms with E-state index in [1.165, 1.54) is 12.0 Å². The summed E-state index contributed by atoms with van der Waals surface area (Å²) in [6.45, 7) is 6.38. The minimum atomic E-state index is -1.08. The quantitative estimate of drug-likeness (QED) is 0.674. The van der Waals surface area contributed by atoms with Crippen molar-refractivity contribution in [2.75, 3.05) is 38.2 Å². The van der Waals surface area contributed by atoms with Gasteiger partial charge in [-0.25, -0.2) is 19.2 Å². The molecule has 0 spiro atoms. The number of esters is 1. The highest BCUT2D eigenvalue weighted by molar-refractivity contribution is 5.95. The van der Waals surface area contributed by atoms with Crippen LogP contribution in [0.25, 0.3) is 0 Å². The number of urea groups is 1. The minimum absolute atomic E-state index is 0.191. The molecule has 0 bridgehead atoms. The van der Waals surface area contributed by atoms with Gasteiger partial charge in [0.05, 0.1) is 13.2 Å². The van der Waals surface area contributed by atoms with Gasteiger partial charge in [0.25, 0.3) is 0 Å². The molecule has 2 heterocycles. The maximum Gasteiger partial charge on any atom is 0.408 e. The summed E-state index contributed by atoms with van der Waals surface area (Å²) in [5.74, 6) is -0.660. The van der Waals surface area contributed by atoms with Gasteiger partial charge in [0.15, 0.2) is 6.04 Å². The molecule has 1 aromatic rings. The van der Waals surface area contributed by atoms with E-state index in [1.807, 2.05) is 0 Å². The Hall–Kier alpha value is -3.50. The third-order valence-corrected chi connectivity index (χ3v) is 5.26. The Labute approximate surface area is 185 Å². The summed E-state index contributed by atoms with van der Waals surface area (Å²) in [4.78, 5) is 53.0. The fourth-order valence-corrected chi connectivity index (χ4v) is 3.77. The second kappa shape index (κ2) is 8.93. The number of hydrogen-bond donors (Lipinski definition) is 2. The van der Waals surface area contributed by atoms with E-state index in [1.54, 1.807) is 54.8 Å². The molecule has 0 radical (unpaired) electrons. The topological polar surface area (TPSA) is 129 Å². The molecule has 1 aromatic carbocycles. The van der Waals surface area contributed by atoms with Gasteiger partial charge in [0, 0.05) is 31.9 Å². The Bertz CT molecular complexity index is 896. The van der Waals surface area contributed by atoms with Crippen LogP contribution in [0, 0.1) is 0 Å². The number of carbonyl (C=O) groups excluding carboxylic acids is 3. The van der Waals surface area contributed by atoms with E-state index in [0.717, 1.165) is 0 Å². The molecular weight excluding hydrogens is 420 g/mol. The Morgan fingerprint density at radius 1 is 1.12 bits per heavy atom. The van der Waals surface area contributed by atoms with Crippen LogP contribution < -0.4 is 10.2 Å². The molecule has 3 rings (SSSR count). The number of anilines is 1. The predicted octanol–water partition coefficient (Wildman–Crippen LogP) is 2.03. The van der Waals surface area contributed by atoms with Gasteiger partial charge in [0.2, 0.25) is 0 Å². The standard InChI is InChI=1S/C21H28N4O7/c1-21(2,3)32-18(27)22-16(17(26)31-4)13-5-7-14(8-6-13)25-12-15-11-23(20(29)30)9-10-24(15)19(25)28/h5-8,15-16H,9-12H2,1-4H3,(H,22,27)(H,29,30). The van der Waals surface area contributed by atoms with Gasteiger partial charge in [-0.3, -0.25) is 4.90 Å². The molecular formula is C21H28N4O7. The molecule has 4 amide bonds. The maximum atomic E-state index is 12.8. The number of ether oxygens (including phenoxy) is 2. The first-order valence-electron chi connectivity index (χ1n) is 10.2. The zero-order chi connectivity index (χ0) is 23.6. The van der Waals surface area contributed by atoms with Crippen molar-refractivity contribution in [1.82, 2.24) is 15.1 Å². The van der Waals surface area contributed by atoms with Crippen LogP contribution in [-0.4, -0.2) is 84.0 Å². The molecule has 2 fully saturated rings. The molecule has 11 nitrogen and oxygen atoms in total. The molecule has 2 N–H and O–H groups in total. The van der Waals surface area contributed by atoms with Crippen LogP contribution in [0.15, 0.2) is 24.3 Å². The van der Waals surface area contributed by atoms with Crippen LogP contribution >= 0.6 is 0 Å². The van der Waals surface area contributed by atoms with Crippen LogP contribution in [0.3, 0.4) is 0 Å². The highest BCUT2D eigenvalue weighted by Gasteiger charge is 2.42. The maximum absolute atomic E-state index is 12.8. The van der Waals surface area contributed by atoms with E-state index in [9.17, 15) is 24.3 Å². The van der Waals surface area contributed by atoms with Crippen LogP contribution in [-0.2, 0) is 14.3 Å². The molecule has 2 saturated heterocycles. The first-order valence-corrected chi connectivity index (χ1v) is 10.2. The minimum Gasteiger partial charge on any atom is -0.467 e. The average molecular weight is 448 g/mol. The SMILES string of the molecule is COC(=O)C(NC(=O)OC(C)(C)C)c1ccc(N2CC3CN(C(=O)O)CCN3C2=O)cc1. The largest absolute Gasteiger partial charge is 0.467 e. The fourth-order valence-electron chi connectivity index (χ4n) is 3.77. The van der Waals surface area contributed by atoms with Gasteiger partial charge in [-0.05, 0) is 38.5 Å². The zero-order valence-electron chi connectivity index (χ0n) is 18.5. The second-order valence-electron chi connectivity index (χ2n) is 8.66. The average Bonchev–Trinajstić information content (AvgIpc) is 3.06. The first-order chi connectivity index (χ1) is 15.0. The van der Waals surface area contributed by atoms with Crippen molar-refractivity contribution < 1.29 is 33.8 Å². The lowest BCUT2D eigenvalue weighted by Crippen LogP contribution is -2.53. The van der Waals surface area contributed by atoms with Crippen LogP contribution in [0.2, 0.25) is 0 Å². The third kappa shape index (κ3) is 5.04. The van der Waals surface area contributed by atoms with Crippen molar-refractivity contribution >= 4 is 29.9 Å². The summed E-state index contributed by atoms with van der Waals surface area (Å²) in [5, 5.41) is 11.7. The van der Waals surface area contributed by atoms with E-state index in [0.29, 0.717) is 24.3 Å². The van der Waals surface area contributed by atoms with Gasteiger partial charge in [0.1, 0.15) is 5.60 Å². The highest BCUT2D eigenvalue weighted by Crippen LogP contribution is 2.28. The van der Waals surface area contributed by atoms with Crippen molar-refractivity contribution in [2.45, 2.75) is 38.5 Å². The van der Waals surface area contributed by atoms with Crippen LogP contribution in [0.5, 0.6) is 0 Å². The lowest BCUT2D eigenvalue weighted by molar-refractivity contribution is -0.143. The van der Waals surface area contributed by atoms with Crippen LogP contribution in [0.4, 0.5) is 20.1 Å². The number of rotatable bonds is 4. The number of benzene rings is 1. The Morgan fingerprint density at radius 3 is 2.34 bits per heavy atom. The van der Waals surface area contributed by atoms with E-state index in [-0.39, 0.29) is 25.2 Å². The van der Waals surface area contributed by atoms with Crippen molar-refractivity contribution in [3.63, 3.8) is 0 Å². The number of piperazine rings is 1. The summed E-state index contributed by atoms with van der Waals surface area (Å²) in [5.41, 5.74) is 0.344. The Kier molecular flexibility index (Phi) is 6.47. The zero-order valence-corrected chi connectivity index (χ0v) is 18.5. The Balaban J connectivity index is 1.74. The van der Waals surface area contributed by atoms with Crippen molar-refractivity contribution in [3.8, 4) is 0 Å². The molecule has 174 valence electrons. The monoisotopic (exact) mass is 448 g/mol. The van der Waals surface area contributed by atoms with Crippen LogP contribution in [0.1, 0.15) is 32.4 Å². The molecule has 32 heavy (non-hydrogen) atoms. The number of alkyl carbamates (subject to hydrolysis) is 1. The number of nitrogens with zero attached hydrogens (tertiary/aromatic N) is 3. The smallest absolute Gasteiger partial charge is 0.408 e. The predicted molar refractivity (Wildman–Crippen MR) is 113 cm³/mol. The van der Waals surface area contributed by atoms with Gasteiger partial charge >= 0.3 is 24.2 Å². The number of nitrogens with one attached hydrogen (secondary N) is 1. The molecule has 0 saturated carbocycles. The molecule has 0 aromatic heterocycles. The summed E-state index contributed by atoms with van der Waals surface area (Å²) < 4.78 is 10.0. The van der Waals surface area contributed by atoms with E-state index < -0.39 is 29.8 Å². The van der Waals surface area contributed by atoms with Gasteiger partial charge in [-0.2, -0.15) is 0 Å². The van der Waals surface area contributed by atoms with E-state index in [4.69, 9.17) is 9.47 Å². The lowest BCUT2D eigenvalue weighted by Gasteiger charge is -2.34. The van der Waals surface area contributed by atoms with E-state index in [2.05, 4.69) is 5.32 Å². The van der Waals surface area contributed by atoms with Gasteiger partial charge in [-0.1, -0.05) is 12.1 Å². The number of methoxy groups -OCH3 is 1. The summed E-state index contributed by atoms with van der Waals surface area (Å²) >= 11 is 0.